The standard InChI is InChI=1S/C46H57N7O7S/c1-10-46(11-2,51-61(55)45(3,4)5)36-25-41(48-37-14-12-13-34(36)37)49-40-21-31-22-42(53-19-20-60-44(53)54)50-43(35(31)26-47-40)52(27-29-15-17-32(56-6)23-38(29)58-8)28-30-16-18-33(57-7)24-39(30)59-9/h15-18,21-26,51H,10-14,19-20,27-28H2,1-9H3,(H,47,48,49). The number of hydrogen-bond acceptors (Lipinski definition) is 12. The number of rotatable bonds is 17. The number of fused-ring (bicyclic) bond motifs is 2. The number of aromatic nitrogens is 3. The van der Waals surface area contributed by atoms with Gasteiger partial charge >= 0.3 is 6.09 Å². The largest absolute Gasteiger partial charge is 0.497 e. The number of nitrogens with zero attached hydrogens (tertiary/aromatic N) is 5. The van der Waals surface area contributed by atoms with E-state index in [1.54, 1.807) is 39.5 Å². The lowest BCUT2D eigenvalue weighted by Gasteiger charge is -2.37. The summed E-state index contributed by atoms with van der Waals surface area (Å²) in [6.45, 7) is 11.6. The van der Waals surface area contributed by atoms with Crippen molar-refractivity contribution >= 4 is 51.1 Å². The fourth-order valence-corrected chi connectivity index (χ4v) is 9.13. The Labute approximate surface area is 360 Å². The first-order valence-electron chi connectivity index (χ1n) is 20.7. The van der Waals surface area contributed by atoms with Gasteiger partial charge in [-0.2, -0.15) is 0 Å². The molecule has 1 amide bonds. The Bertz CT molecular complexity index is 2380. The lowest BCUT2D eigenvalue weighted by molar-refractivity contribution is 0.181. The molecule has 14 nitrogen and oxygen atoms in total. The summed E-state index contributed by atoms with van der Waals surface area (Å²) in [5.41, 5.74) is 4.68. The van der Waals surface area contributed by atoms with Gasteiger partial charge in [0.05, 0.1) is 56.3 Å². The van der Waals surface area contributed by atoms with Gasteiger partial charge in [0.1, 0.15) is 52.9 Å². The molecule has 324 valence electrons. The summed E-state index contributed by atoms with van der Waals surface area (Å²) >= 11 is 0. The minimum Gasteiger partial charge on any atom is -0.497 e. The molecule has 7 rings (SSSR count). The number of methoxy groups -OCH3 is 4. The van der Waals surface area contributed by atoms with Crippen LogP contribution in [-0.2, 0) is 47.2 Å². The Kier molecular flexibility index (Phi) is 12.9. The smallest absolute Gasteiger partial charge is 0.415 e. The zero-order valence-electron chi connectivity index (χ0n) is 36.6. The lowest BCUT2D eigenvalue weighted by Crippen LogP contribution is -2.48. The Morgan fingerprint density at radius 3 is 2.05 bits per heavy atom. The maximum Gasteiger partial charge on any atom is 0.415 e. The molecule has 0 bridgehead atoms. The predicted octanol–water partition coefficient (Wildman–Crippen LogP) is 8.52. The van der Waals surface area contributed by atoms with E-state index in [0.717, 1.165) is 65.3 Å². The summed E-state index contributed by atoms with van der Waals surface area (Å²) in [6, 6.07) is 17.4. The van der Waals surface area contributed by atoms with Gasteiger partial charge in [0.15, 0.2) is 0 Å². The van der Waals surface area contributed by atoms with Crippen molar-refractivity contribution in [3.63, 3.8) is 0 Å². The van der Waals surface area contributed by atoms with Crippen LogP contribution < -0.4 is 38.8 Å². The fourth-order valence-electron chi connectivity index (χ4n) is 8.07. The molecule has 0 radical (unpaired) electrons. The minimum atomic E-state index is -1.29. The first kappa shape index (κ1) is 43.4. The van der Waals surface area contributed by atoms with Crippen molar-refractivity contribution in [1.82, 2.24) is 19.7 Å². The van der Waals surface area contributed by atoms with Crippen molar-refractivity contribution in [1.29, 1.82) is 0 Å². The molecular weight excluding hydrogens is 795 g/mol. The molecule has 0 spiro atoms. The molecule has 3 aromatic heterocycles. The number of aryl methyl sites for hydroxylation is 1. The van der Waals surface area contributed by atoms with Crippen molar-refractivity contribution in [2.45, 2.75) is 90.1 Å². The van der Waals surface area contributed by atoms with Crippen LogP contribution in [0.25, 0.3) is 10.8 Å². The Balaban J connectivity index is 1.35. The van der Waals surface area contributed by atoms with Gasteiger partial charge in [0.2, 0.25) is 0 Å². The topological polar surface area (TPSA) is 150 Å². The molecule has 2 aromatic carbocycles. The molecular formula is C46H57N7O7S. The van der Waals surface area contributed by atoms with E-state index in [9.17, 15) is 9.00 Å². The second-order valence-corrected chi connectivity index (χ2v) is 18.3. The quantitative estimate of drug-likeness (QED) is 0.0924. The lowest BCUT2D eigenvalue weighted by atomic mass is 9.83. The van der Waals surface area contributed by atoms with Crippen LogP contribution in [0.4, 0.5) is 28.1 Å². The zero-order chi connectivity index (χ0) is 43.5. The SMILES string of the molecule is CCC(CC)(NS(=O)C(C)(C)C)c1cc(Nc2cc3cc(N4CCOC4=O)nc(N(Cc4ccc(OC)cc4OC)Cc4ccc(OC)cc4OC)c3cn2)nc2c1CCC2. The first-order chi connectivity index (χ1) is 29.3. The average Bonchev–Trinajstić information content (AvgIpc) is 3.93. The first-order valence-corrected chi connectivity index (χ1v) is 21.9. The summed E-state index contributed by atoms with van der Waals surface area (Å²) < 4.78 is 44.8. The van der Waals surface area contributed by atoms with E-state index in [0.29, 0.717) is 65.9 Å². The van der Waals surface area contributed by atoms with Gasteiger partial charge in [-0.3, -0.25) is 4.90 Å². The molecule has 61 heavy (non-hydrogen) atoms. The predicted molar refractivity (Wildman–Crippen MR) is 240 cm³/mol. The van der Waals surface area contributed by atoms with E-state index < -0.39 is 27.4 Å². The fraction of sp³-hybridized carbons (Fsp3) is 0.435. The second kappa shape index (κ2) is 18.1. The molecule has 0 saturated carbocycles. The number of carbonyl (C=O) groups excluding carboxylic acids is 1. The number of hydrogen-bond donors (Lipinski definition) is 2. The Hall–Kier alpha value is -5.67. The van der Waals surface area contributed by atoms with Crippen molar-refractivity contribution in [2.75, 3.05) is 56.7 Å². The van der Waals surface area contributed by atoms with Crippen LogP contribution in [-0.4, -0.2) is 71.6 Å². The molecule has 1 unspecified atom stereocenters. The number of nitrogens with one attached hydrogen (secondary N) is 2. The molecule has 15 heteroatoms. The summed E-state index contributed by atoms with van der Waals surface area (Å²) in [5.74, 6) is 4.90. The third kappa shape index (κ3) is 9.03. The molecule has 2 aliphatic rings. The number of pyridine rings is 3. The Morgan fingerprint density at radius 1 is 0.836 bits per heavy atom. The van der Waals surface area contributed by atoms with Gasteiger partial charge in [-0.05, 0) is 112 Å². The molecule has 1 aliphatic heterocycles. The van der Waals surface area contributed by atoms with Crippen molar-refractivity contribution in [3.8, 4) is 23.0 Å². The number of ether oxygens (including phenoxy) is 5. The highest BCUT2D eigenvalue weighted by molar-refractivity contribution is 7.84. The highest BCUT2D eigenvalue weighted by Gasteiger charge is 2.37. The third-order valence-corrected chi connectivity index (χ3v) is 13.3. The number of benzene rings is 2. The maximum absolute atomic E-state index is 13.6. The number of amides is 1. The Morgan fingerprint density at radius 2 is 1.49 bits per heavy atom. The zero-order valence-corrected chi connectivity index (χ0v) is 37.5. The highest BCUT2D eigenvalue weighted by atomic mass is 32.2. The second-order valence-electron chi connectivity index (χ2n) is 16.3. The number of cyclic esters (lactones) is 1. The van der Waals surface area contributed by atoms with Crippen LogP contribution in [0.5, 0.6) is 23.0 Å². The van der Waals surface area contributed by atoms with E-state index >= 15 is 0 Å². The number of anilines is 4. The van der Waals surface area contributed by atoms with Crippen LogP contribution in [0.2, 0.25) is 0 Å². The van der Waals surface area contributed by atoms with Crippen LogP contribution in [0, 0.1) is 0 Å². The van der Waals surface area contributed by atoms with E-state index in [-0.39, 0.29) is 6.61 Å². The molecule has 1 atom stereocenters. The van der Waals surface area contributed by atoms with E-state index in [4.69, 9.17) is 38.6 Å². The van der Waals surface area contributed by atoms with Crippen molar-refractivity contribution in [3.05, 3.63) is 88.7 Å². The summed E-state index contributed by atoms with van der Waals surface area (Å²) in [7, 11) is 5.22. The molecule has 5 aromatic rings. The van der Waals surface area contributed by atoms with E-state index in [2.05, 4.69) is 34.9 Å². The molecule has 2 N–H and O–H groups in total. The third-order valence-electron chi connectivity index (χ3n) is 11.6. The van der Waals surface area contributed by atoms with Crippen LogP contribution in [0.3, 0.4) is 0 Å². The van der Waals surface area contributed by atoms with Gasteiger partial charge < -0.3 is 33.9 Å². The normalized spacial score (nSPS) is 14.4. The van der Waals surface area contributed by atoms with Crippen LogP contribution in [0.15, 0.2) is 60.8 Å². The van der Waals surface area contributed by atoms with Crippen LogP contribution in [0.1, 0.15) is 81.8 Å². The average molecular weight is 852 g/mol. The molecule has 1 fully saturated rings. The van der Waals surface area contributed by atoms with E-state index in [1.807, 2.05) is 69.3 Å². The summed E-state index contributed by atoms with van der Waals surface area (Å²) in [4.78, 5) is 32.0. The van der Waals surface area contributed by atoms with Gasteiger partial charge in [0, 0.05) is 53.6 Å². The number of carbonyl (C=O) groups is 1. The highest BCUT2D eigenvalue weighted by Crippen LogP contribution is 2.40. The molecule has 1 saturated heterocycles. The monoisotopic (exact) mass is 851 g/mol. The minimum absolute atomic E-state index is 0.258. The van der Waals surface area contributed by atoms with Gasteiger partial charge in [0.25, 0.3) is 0 Å². The summed E-state index contributed by atoms with van der Waals surface area (Å²) in [6.07, 6.45) is 5.67. The van der Waals surface area contributed by atoms with Gasteiger partial charge in [-0.25, -0.2) is 28.7 Å². The summed E-state index contributed by atoms with van der Waals surface area (Å²) in [5, 5.41) is 5.08. The van der Waals surface area contributed by atoms with Crippen molar-refractivity contribution in [2.24, 2.45) is 0 Å². The van der Waals surface area contributed by atoms with Crippen LogP contribution >= 0.6 is 0 Å². The molecule has 1 aliphatic carbocycles. The molecule has 4 heterocycles. The van der Waals surface area contributed by atoms with Gasteiger partial charge in [-0.15, -0.1) is 0 Å². The van der Waals surface area contributed by atoms with Gasteiger partial charge in [-0.1, -0.05) is 13.8 Å². The van der Waals surface area contributed by atoms with Crippen molar-refractivity contribution < 1.29 is 32.7 Å². The maximum atomic E-state index is 13.6. The van der Waals surface area contributed by atoms with E-state index in [1.165, 1.54) is 5.56 Å².